The Kier molecular flexibility index (Phi) is 6.15. The molecule has 1 atom stereocenters. The Hall–Kier alpha value is -0.750. The first-order chi connectivity index (χ1) is 10.5. The topological polar surface area (TPSA) is 52.7 Å². The van der Waals surface area contributed by atoms with E-state index in [0.29, 0.717) is 0 Å². The largest absolute Gasteiger partial charge is 0.341 e. The molecule has 1 unspecified atom stereocenters. The molecule has 1 heterocycles. The molecule has 5 nitrogen and oxygen atoms in total. The van der Waals surface area contributed by atoms with E-state index in [-0.39, 0.29) is 17.7 Å². The van der Waals surface area contributed by atoms with E-state index in [1.807, 2.05) is 18.1 Å². The number of hydrogen-bond acceptors (Lipinski definition) is 4. The lowest BCUT2D eigenvalue weighted by atomic mass is 9.94. The number of carbonyl (C=O) groups is 2. The molecular weight excluding hydrogens is 298 g/mol. The predicted octanol–water partition coefficient (Wildman–Crippen LogP) is 1.19. The molecule has 1 aliphatic heterocycles. The van der Waals surface area contributed by atoms with E-state index >= 15 is 0 Å². The zero-order valence-electron chi connectivity index (χ0n) is 14.1. The van der Waals surface area contributed by atoms with Crippen molar-refractivity contribution in [2.45, 2.75) is 38.1 Å². The Bertz CT molecular complexity index is 402. The van der Waals surface area contributed by atoms with Crippen LogP contribution >= 0.6 is 11.8 Å². The summed E-state index contributed by atoms with van der Waals surface area (Å²) in [6, 6.07) is 0. The van der Waals surface area contributed by atoms with Gasteiger partial charge in [-0.1, -0.05) is 19.8 Å². The van der Waals surface area contributed by atoms with Crippen molar-refractivity contribution in [2.75, 3.05) is 45.2 Å². The number of amides is 2. The summed E-state index contributed by atoms with van der Waals surface area (Å²) in [4.78, 5) is 29.7. The third-order valence-electron chi connectivity index (χ3n) is 4.88. The average molecular weight is 327 g/mol. The molecular formula is C16H29N3O2S. The number of nitrogens with zero attached hydrogens (tertiary/aromatic N) is 2. The number of rotatable bonds is 5. The number of nitrogens with one attached hydrogen (secondary N) is 1. The molecule has 0 radical (unpaired) electrons. The van der Waals surface area contributed by atoms with E-state index in [1.165, 1.54) is 0 Å². The Morgan fingerprint density at radius 1 is 1.18 bits per heavy atom. The standard InChI is InChI=1S/C16H29N3O2S/c1-13(12-22-3)14(20)17-16(6-4-5-7-16)15(21)19-10-8-18(2)9-11-19/h13H,4-12H2,1-3H3,(H,17,20). The van der Waals surface area contributed by atoms with Crippen molar-refractivity contribution in [2.24, 2.45) is 5.92 Å². The normalized spacial score (nSPS) is 23.3. The SMILES string of the molecule is CSCC(C)C(=O)NC1(C(=O)N2CCN(C)CC2)CCCC1. The number of likely N-dealkylation sites (N-methyl/N-ethyl adjacent to an activating group) is 1. The minimum atomic E-state index is -0.639. The summed E-state index contributed by atoms with van der Waals surface area (Å²) in [6.45, 7) is 5.31. The van der Waals surface area contributed by atoms with Gasteiger partial charge >= 0.3 is 0 Å². The highest BCUT2D eigenvalue weighted by Crippen LogP contribution is 2.32. The molecule has 2 rings (SSSR count). The molecule has 1 saturated heterocycles. The Balaban J connectivity index is 2.04. The van der Waals surface area contributed by atoms with Crippen LogP contribution in [0.4, 0.5) is 0 Å². The summed E-state index contributed by atoms with van der Waals surface area (Å²) in [6.07, 6.45) is 5.63. The van der Waals surface area contributed by atoms with Crippen LogP contribution in [0.3, 0.4) is 0 Å². The van der Waals surface area contributed by atoms with Crippen LogP contribution < -0.4 is 5.32 Å². The first kappa shape index (κ1) is 17.6. The van der Waals surface area contributed by atoms with Crippen LogP contribution in [0.2, 0.25) is 0 Å². The summed E-state index contributed by atoms with van der Waals surface area (Å²) in [5.41, 5.74) is -0.639. The van der Waals surface area contributed by atoms with E-state index in [0.717, 1.165) is 57.6 Å². The Morgan fingerprint density at radius 2 is 1.77 bits per heavy atom. The summed E-state index contributed by atoms with van der Waals surface area (Å²) in [7, 11) is 2.08. The number of carbonyl (C=O) groups excluding carboxylic acids is 2. The second-order valence-electron chi connectivity index (χ2n) is 6.73. The van der Waals surface area contributed by atoms with Gasteiger partial charge in [0.2, 0.25) is 11.8 Å². The van der Waals surface area contributed by atoms with E-state index in [2.05, 4.69) is 17.3 Å². The summed E-state index contributed by atoms with van der Waals surface area (Å²) < 4.78 is 0. The third kappa shape index (κ3) is 3.96. The van der Waals surface area contributed by atoms with Gasteiger partial charge < -0.3 is 15.1 Å². The van der Waals surface area contributed by atoms with E-state index in [1.54, 1.807) is 11.8 Å². The van der Waals surface area contributed by atoms with Crippen LogP contribution in [0.25, 0.3) is 0 Å². The molecule has 22 heavy (non-hydrogen) atoms. The highest BCUT2D eigenvalue weighted by Gasteiger charge is 2.45. The Morgan fingerprint density at radius 3 is 2.32 bits per heavy atom. The maximum atomic E-state index is 13.0. The first-order valence-electron chi connectivity index (χ1n) is 8.27. The molecule has 0 spiro atoms. The Labute approximate surface area is 138 Å². The van der Waals surface area contributed by atoms with Crippen LogP contribution in [0.1, 0.15) is 32.6 Å². The zero-order valence-corrected chi connectivity index (χ0v) is 14.9. The molecule has 2 aliphatic rings. The fourth-order valence-electron chi connectivity index (χ4n) is 3.37. The lowest BCUT2D eigenvalue weighted by Gasteiger charge is -2.39. The molecule has 2 fully saturated rings. The van der Waals surface area contributed by atoms with E-state index in [4.69, 9.17) is 0 Å². The second-order valence-corrected chi connectivity index (χ2v) is 7.64. The lowest BCUT2D eigenvalue weighted by Crippen LogP contribution is -2.61. The lowest BCUT2D eigenvalue weighted by molar-refractivity contribution is -0.143. The van der Waals surface area contributed by atoms with Gasteiger partial charge in [-0.25, -0.2) is 0 Å². The first-order valence-corrected chi connectivity index (χ1v) is 9.67. The molecule has 1 saturated carbocycles. The minimum absolute atomic E-state index is 0.0266. The van der Waals surface area contributed by atoms with Gasteiger partial charge in [-0.3, -0.25) is 9.59 Å². The van der Waals surface area contributed by atoms with Gasteiger partial charge in [0.05, 0.1) is 0 Å². The fraction of sp³-hybridized carbons (Fsp3) is 0.875. The van der Waals surface area contributed by atoms with Crippen LogP contribution in [0, 0.1) is 5.92 Å². The smallest absolute Gasteiger partial charge is 0.248 e. The maximum absolute atomic E-state index is 13.0. The molecule has 0 bridgehead atoms. The van der Waals surface area contributed by atoms with Crippen LogP contribution in [0.15, 0.2) is 0 Å². The molecule has 0 aromatic heterocycles. The quantitative estimate of drug-likeness (QED) is 0.824. The average Bonchev–Trinajstić information content (AvgIpc) is 2.97. The summed E-state index contributed by atoms with van der Waals surface area (Å²) >= 11 is 1.67. The highest BCUT2D eigenvalue weighted by atomic mass is 32.2. The molecule has 6 heteroatoms. The molecule has 1 aliphatic carbocycles. The van der Waals surface area contributed by atoms with Crippen molar-refractivity contribution in [3.63, 3.8) is 0 Å². The predicted molar refractivity (Wildman–Crippen MR) is 91.0 cm³/mol. The van der Waals surface area contributed by atoms with Gasteiger partial charge in [-0.05, 0) is 26.1 Å². The van der Waals surface area contributed by atoms with E-state index in [9.17, 15) is 9.59 Å². The van der Waals surface area contributed by atoms with Gasteiger partial charge in [-0.15, -0.1) is 0 Å². The van der Waals surface area contributed by atoms with Crippen molar-refractivity contribution in [1.82, 2.24) is 15.1 Å². The molecule has 0 aromatic carbocycles. The van der Waals surface area contributed by atoms with Gasteiger partial charge in [0.1, 0.15) is 5.54 Å². The van der Waals surface area contributed by atoms with Crippen LogP contribution in [-0.4, -0.2) is 72.4 Å². The fourth-order valence-corrected chi connectivity index (χ4v) is 4.02. The minimum Gasteiger partial charge on any atom is -0.341 e. The monoisotopic (exact) mass is 327 g/mol. The highest BCUT2D eigenvalue weighted by molar-refractivity contribution is 7.98. The van der Waals surface area contributed by atoms with Crippen molar-refractivity contribution in [1.29, 1.82) is 0 Å². The van der Waals surface area contributed by atoms with Gasteiger partial charge in [0, 0.05) is 37.8 Å². The third-order valence-corrected chi connectivity index (χ3v) is 5.72. The zero-order chi connectivity index (χ0) is 16.2. The summed E-state index contributed by atoms with van der Waals surface area (Å²) in [5.74, 6) is 0.916. The van der Waals surface area contributed by atoms with Crippen LogP contribution in [-0.2, 0) is 9.59 Å². The van der Waals surface area contributed by atoms with Gasteiger partial charge in [0.25, 0.3) is 0 Å². The van der Waals surface area contributed by atoms with Crippen molar-refractivity contribution >= 4 is 23.6 Å². The molecule has 126 valence electrons. The molecule has 2 amide bonds. The second kappa shape index (κ2) is 7.68. The molecule has 0 aromatic rings. The molecule has 1 N–H and O–H groups in total. The van der Waals surface area contributed by atoms with Crippen molar-refractivity contribution < 1.29 is 9.59 Å². The van der Waals surface area contributed by atoms with Gasteiger partial charge in [0.15, 0.2) is 0 Å². The number of hydrogen-bond donors (Lipinski definition) is 1. The van der Waals surface area contributed by atoms with Crippen molar-refractivity contribution in [3.05, 3.63) is 0 Å². The van der Waals surface area contributed by atoms with Gasteiger partial charge in [-0.2, -0.15) is 11.8 Å². The maximum Gasteiger partial charge on any atom is 0.248 e. The summed E-state index contributed by atoms with van der Waals surface area (Å²) in [5, 5.41) is 3.13. The van der Waals surface area contributed by atoms with E-state index < -0.39 is 5.54 Å². The van der Waals surface area contributed by atoms with Crippen molar-refractivity contribution in [3.8, 4) is 0 Å². The van der Waals surface area contributed by atoms with Crippen LogP contribution in [0.5, 0.6) is 0 Å². The number of thioether (sulfide) groups is 1. The number of piperazine rings is 1.